The number of fused-ring (bicyclic) bond motifs is 16. The van der Waals surface area contributed by atoms with Crippen molar-refractivity contribution in [3.63, 3.8) is 0 Å². The van der Waals surface area contributed by atoms with E-state index >= 15 is 0 Å². The Morgan fingerprint density at radius 2 is 1.31 bits per heavy atom. The van der Waals surface area contributed by atoms with Crippen LogP contribution in [0, 0.1) is 17.8 Å². The van der Waals surface area contributed by atoms with Crippen LogP contribution in [0.15, 0.2) is 132 Å². The number of para-hydroxylation sites is 1. The second-order valence-corrected chi connectivity index (χ2v) is 17.7. The number of hydrogen-bond donors (Lipinski definition) is 0. The molecule has 5 aliphatic carbocycles. The summed E-state index contributed by atoms with van der Waals surface area (Å²) in [6, 6.07) is 49.2. The first-order valence-corrected chi connectivity index (χ1v) is 21.4. The molecule has 272 valence electrons. The smallest absolute Gasteiger partial charge is 0.135 e. The lowest BCUT2D eigenvalue weighted by atomic mass is 9.50. The van der Waals surface area contributed by atoms with Gasteiger partial charge >= 0.3 is 0 Å². The average molecular weight is 716 g/mol. The topological polar surface area (TPSA) is 16.4 Å². The molecule has 1 aromatic heterocycles. The first kappa shape index (κ1) is 32.2. The predicted molar refractivity (Wildman–Crippen MR) is 228 cm³/mol. The monoisotopic (exact) mass is 715 g/mol. The Bertz CT molecular complexity index is 2650. The fourth-order valence-electron chi connectivity index (χ4n) is 13.3. The number of nitrogens with zero attached hydrogens (tertiary/aromatic N) is 1. The molecule has 5 aliphatic rings. The Kier molecular flexibility index (Phi) is 7.00. The van der Waals surface area contributed by atoms with Gasteiger partial charge in [0.25, 0.3) is 0 Å². The maximum Gasteiger partial charge on any atom is 0.135 e. The molecule has 2 bridgehead atoms. The van der Waals surface area contributed by atoms with Gasteiger partial charge in [-0.25, -0.2) is 0 Å². The lowest BCUT2D eigenvalue weighted by Crippen LogP contribution is -2.48. The molecular weight excluding hydrogens is 667 g/mol. The maximum absolute atomic E-state index is 6.41. The standard InChI is InChI=1S/C53H49NO/c1-2-35-30-34-14-12-15-36(31-34)53(35)45-20-8-5-18-42(45)51-46(53)21-13-22-48(51)54(37-25-27-50-43(32-37)41-17-6-9-23-49(41)55-50)38-24-26-40-39-16-4-7-19-44(39)52(47(40)33-38)28-10-3-11-29-52/h4-9,13,16-27,32-36H,2-3,10-12,14-15,28-31H2,1H3. The highest BCUT2D eigenvalue weighted by Crippen LogP contribution is 2.66. The molecular formula is C53H49NO. The molecule has 3 fully saturated rings. The van der Waals surface area contributed by atoms with E-state index in [1.54, 1.807) is 16.7 Å². The third-order valence-corrected chi connectivity index (χ3v) is 15.4. The van der Waals surface area contributed by atoms with Crippen LogP contribution in [-0.4, -0.2) is 0 Å². The average Bonchev–Trinajstić information content (AvgIpc) is 3.85. The molecule has 0 N–H and O–H groups in total. The summed E-state index contributed by atoms with van der Waals surface area (Å²) < 4.78 is 6.41. The molecule has 2 heteroatoms. The first-order chi connectivity index (χ1) is 27.2. The summed E-state index contributed by atoms with van der Waals surface area (Å²) in [7, 11) is 0. The van der Waals surface area contributed by atoms with Crippen LogP contribution in [0.3, 0.4) is 0 Å². The SMILES string of the molecule is CCC1CC2CCCC(C2)C12c1ccccc1-c1c(N(c3ccc4c(c3)C3(CCCCC3)c3ccccc3-4)c3ccc4oc5ccccc5c4c3)cccc12. The molecule has 4 unspecified atom stereocenters. The van der Waals surface area contributed by atoms with Gasteiger partial charge in [0.2, 0.25) is 0 Å². The predicted octanol–water partition coefficient (Wildman–Crippen LogP) is 14.8. The molecule has 6 aromatic carbocycles. The fourth-order valence-corrected chi connectivity index (χ4v) is 13.3. The van der Waals surface area contributed by atoms with Crippen molar-refractivity contribution in [1.82, 2.24) is 0 Å². The first-order valence-electron chi connectivity index (χ1n) is 21.4. The van der Waals surface area contributed by atoms with Crippen LogP contribution in [-0.2, 0) is 10.8 Å². The molecule has 0 aliphatic heterocycles. The molecule has 55 heavy (non-hydrogen) atoms. The Balaban J connectivity index is 1.13. The van der Waals surface area contributed by atoms with Crippen LogP contribution < -0.4 is 4.90 Å². The Morgan fingerprint density at radius 3 is 2.20 bits per heavy atom. The molecule has 3 saturated carbocycles. The minimum absolute atomic E-state index is 0.0652. The molecule has 1 heterocycles. The van der Waals surface area contributed by atoms with Crippen molar-refractivity contribution in [1.29, 1.82) is 0 Å². The summed E-state index contributed by atoms with van der Waals surface area (Å²) in [4.78, 5) is 2.63. The van der Waals surface area contributed by atoms with Crippen LogP contribution in [0.25, 0.3) is 44.2 Å². The van der Waals surface area contributed by atoms with Crippen molar-refractivity contribution in [3.05, 3.63) is 150 Å². The minimum Gasteiger partial charge on any atom is -0.456 e. The van der Waals surface area contributed by atoms with Gasteiger partial charge in [-0.3, -0.25) is 0 Å². The van der Waals surface area contributed by atoms with E-state index in [4.69, 9.17) is 4.42 Å². The van der Waals surface area contributed by atoms with Gasteiger partial charge in [-0.2, -0.15) is 0 Å². The van der Waals surface area contributed by atoms with E-state index in [2.05, 4.69) is 139 Å². The normalized spacial score (nSPS) is 24.2. The lowest BCUT2D eigenvalue weighted by Gasteiger charge is -2.54. The summed E-state index contributed by atoms with van der Waals surface area (Å²) in [5.41, 5.74) is 17.8. The van der Waals surface area contributed by atoms with Gasteiger partial charge in [-0.1, -0.05) is 130 Å². The highest BCUT2D eigenvalue weighted by molar-refractivity contribution is 6.07. The second-order valence-electron chi connectivity index (χ2n) is 17.7. The van der Waals surface area contributed by atoms with E-state index in [0.29, 0.717) is 11.8 Å². The van der Waals surface area contributed by atoms with E-state index in [1.165, 1.54) is 126 Å². The second kappa shape index (κ2) is 12.0. The Hall–Kier alpha value is -5.08. The molecule has 7 aromatic rings. The lowest BCUT2D eigenvalue weighted by molar-refractivity contribution is 0.0557. The number of furan rings is 1. The van der Waals surface area contributed by atoms with E-state index in [0.717, 1.165) is 17.1 Å². The van der Waals surface area contributed by atoms with Gasteiger partial charge in [0.1, 0.15) is 11.2 Å². The largest absolute Gasteiger partial charge is 0.456 e. The van der Waals surface area contributed by atoms with Crippen molar-refractivity contribution in [2.45, 2.75) is 88.4 Å². The van der Waals surface area contributed by atoms with Crippen molar-refractivity contribution in [2.75, 3.05) is 4.90 Å². The third kappa shape index (κ3) is 4.32. The highest BCUT2D eigenvalue weighted by Gasteiger charge is 2.57. The van der Waals surface area contributed by atoms with E-state index < -0.39 is 0 Å². The van der Waals surface area contributed by atoms with Gasteiger partial charge in [0, 0.05) is 38.5 Å². The van der Waals surface area contributed by atoms with Crippen LogP contribution in [0.5, 0.6) is 0 Å². The van der Waals surface area contributed by atoms with Gasteiger partial charge < -0.3 is 9.32 Å². The Morgan fingerprint density at radius 1 is 0.582 bits per heavy atom. The van der Waals surface area contributed by atoms with E-state index in [9.17, 15) is 0 Å². The summed E-state index contributed by atoms with van der Waals surface area (Å²) in [5, 5.41) is 2.35. The van der Waals surface area contributed by atoms with Gasteiger partial charge in [0.15, 0.2) is 0 Å². The molecule has 12 rings (SSSR count). The van der Waals surface area contributed by atoms with Crippen molar-refractivity contribution in [2.24, 2.45) is 17.8 Å². The number of hydrogen-bond acceptors (Lipinski definition) is 2. The van der Waals surface area contributed by atoms with Crippen LogP contribution in [0.4, 0.5) is 17.1 Å². The summed E-state index contributed by atoms with van der Waals surface area (Å²) in [6.45, 7) is 2.47. The summed E-state index contributed by atoms with van der Waals surface area (Å²) in [6.07, 6.45) is 14.4. The summed E-state index contributed by atoms with van der Waals surface area (Å²) in [5.74, 6) is 2.22. The van der Waals surface area contributed by atoms with Crippen LogP contribution in [0.2, 0.25) is 0 Å². The molecule has 0 radical (unpaired) electrons. The van der Waals surface area contributed by atoms with Crippen molar-refractivity contribution >= 4 is 39.0 Å². The van der Waals surface area contributed by atoms with Crippen molar-refractivity contribution < 1.29 is 4.42 Å². The fraction of sp³-hybridized carbons (Fsp3) is 0.321. The minimum atomic E-state index is 0.0652. The van der Waals surface area contributed by atoms with E-state index in [1.807, 2.05) is 0 Å². The Labute approximate surface area is 325 Å². The molecule has 4 atom stereocenters. The van der Waals surface area contributed by atoms with Gasteiger partial charge in [0.05, 0.1) is 5.69 Å². The van der Waals surface area contributed by atoms with Crippen molar-refractivity contribution in [3.8, 4) is 22.3 Å². The van der Waals surface area contributed by atoms with Crippen LogP contribution in [0.1, 0.15) is 99.8 Å². The quantitative estimate of drug-likeness (QED) is 0.180. The van der Waals surface area contributed by atoms with Gasteiger partial charge in [-0.05, 0) is 131 Å². The summed E-state index contributed by atoms with van der Waals surface area (Å²) >= 11 is 0. The zero-order valence-corrected chi connectivity index (χ0v) is 32.0. The molecule has 2 nitrogen and oxygen atoms in total. The maximum atomic E-state index is 6.41. The molecule has 2 spiro atoms. The van der Waals surface area contributed by atoms with Crippen LogP contribution >= 0.6 is 0 Å². The zero-order chi connectivity index (χ0) is 36.3. The zero-order valence-electron chi connectivity index (χ0n) is 32.0. The van der Waals surface area contributed by atoms with Gasteiger partial charge in [-0.15, -0.1) is 0 Å². The molecule has 0 saturated heterocycles. The third-order valence-electron chi connectivity index (χ3n) is 15.4. The number of benzene rings is 6. The molecule has 0 amide bonds. The van der Waals surface area contributed by atoms with E-state index in [-0.39, 0.29) is 10.8 Å². The number of rotatable bonds is 4. The number of anilines is 3. The highest BCUT2D eigenvalue weighted by atomic mass is 16.3.